The van der Waals surface area contributed by atoms with Gasteiger partial charge in [-0.1, -0.05) is 0 Å². The average molecular weight is 293 g/mol. The fourth-order valence-corrected chi connectivity index (χ4v) is 2.63. The Bertz CT molecular complexity index is 587. The summed E-state index contributed by atoms with van der Waals surface area (Å²) in [5.41, 5.74) is 1.12. The summed E-state index contributed by atoms with van der Waals surface area (Å²) in [4.78, 5) is 36.5. The number of carbonyl (C=O) groups is 3. The zero-order chi connectivity index (χ0) is 15.6. The molecule has 1 N–H and O–H groups in total. The summed E-state index contributed by atoms with van der Waals surface area (Å²) >= 11 is 0. The molecule has 1 aromatic heterocycles. The quantitative estimate of drug-likeness (QED) is 0.897. The lowest BCUT2D eigenvalue weighted by Crippen LogP contribution is -2.33. The van der Waals surface area contributed by atoms with Gasteiger partial charge < -0.3 is 14.4 Å². The zero-order valence-electron chi connectivity index (χ0n) is 12.3. The Morgan fingerprint density at radius 3 is 2.62 bits per heavy atom. The molecule has 0 spiro atoms. The van der Waals surface area contributed by atoms with Crippen molar-refractivity contribution in [3.8, 4) is 0 Å². The van der Waals surface area contributed by atoms with Gasteiger partial charge in [0.15, 0.2) is 11.5 Å². The molecule has 0 radical (unpaired) electrons. The minimum Gasteiger partial charge on any atom is -0.481 e. The molecule has 1 amide bonds. The maximum absolute atomic E-state index is 12.5. The van der Waals surface area contributed by atoms with Crippen LogP contribution >= 0.6 is 0 Å². The third kappa shape index (κ3) is 2.99. The van der Waals surface area contributed by atoms with Gasteiger partial charge in [0.1, 0.15) is 5.76 Å². The largest absolute Gasteiger partial charge is 0.481 e. The highest BCUT2D eigenvalue weighted by Crippen LogP contribution is 2.30. The molecule has 0 aliphatic heterocycles. The van der Waals surface area contributed by atoms with Gasteiger partial charge in [-0.15, -0.1) is 0 Å². The number of rotatable bonds is 5. The number of carboxylic acid groups (broad SMARTS) is 1. The van der Waals surface area contributed by atoms with Gasteiger partial charge in [-0.3, -0.25) is 14.4 Å². The van der Waals surface area contributed by atoms with E-state index in [1.807, 2.05) is 0 Å². The van der Waals surface area contributed by atoms with Gasteiger partial charge in [0.2, 0.25) is 0 Å². The van der Waals surface area contributed by atoms with Crippen molar-refractivity contribution in [3.05, 3.63) is 22.6 Å². The van der Waals surface area contributed by atoms with Crippen LogP contribution in [0.1, 0.15) is 58.4 Å². The molecule has 1 aliphatic carbocycles. The molecule has 0 unspecified atom stereocenters. The van der Waals surface area contributed by atoms with Crippen LogP contribution in [0.3, 0.4) is 0 Å². The van der Waals surface area contributed by atoms with Crippen molar-refractivity contribution in [2.45, 2.75) is 39.5 Å². The first kappa shape index (κ1) is 15.3. The van der Waals surface area contributed by atoms with E-state index in [-0.39, 0.29) is 30.4 Å². The van der Waals surface area contributed by atoms with Gasteiger partial charge in [-0.2, -0.15) is 0 Å². The highest BCUT2D eigenvalue weighted by atomic mass is 16.4. The Hall–Kier alpha value is -2.11. The highest BCUT2D eigenvalue weighted by molar-refractivity contribution is 6.03. The van der Waals surface area contributed by atoms with Crippen molar-refractivity contribution in [1.29, 1.82) is 0 Å². The van der Waals surface area contributed by atoms with Crippen molar-refractivity contribution < 1.29 is 23.9 Å². The molecule has 0 fully saturated rings. The summed E-state index contributed by atoms with van der Waals surface area (Å²) in [5.74, 6) is -0.528. The Balaban J connectivity index is 2.26. The summed E-state index contributed by atoms with van der Waals surface area (Å²) < 4.78 is 5.60. The van der Waals surface area contributed by atoms with Crippen molar-refractivity contribution in [3.63, 3.8) is 0 Å². The Morgan fingerprint density at radius 2 is 2.05 bits per heavy atom. The maximum Gasteiger partial charge on any atom is 0.305 e. The number of hydrogen-bond acceptors (Lipinski definition) is 4. The van der Waals surface area contributed by atoms with Crippen LogP contribution in [0.15, 0.2) is 4.42 Å². The fourth-order valence-electron chi connectivity index (χ4n) is 2.63. The molecule has 0 atom stereocenters. The minimum absolute atomic E-state index is 0.0186. The van der Waals surface area contributed by atoms with Crippen LogP contribution in [-0.4, -0.2) is 40.8 Å². The molecule has 0 bridgehead atoms. The Morgan fingerprint density at radius 1 is 1.33 bits per heavy atom. The van der Waals surface area contributed by atoms with Gasteiger partial charge in [0.25, 0.3) is 5.91 Å². The first-order chi connectivity index (χ1) is 9.95. The standard InChI is InChI=1S/C15H19NO5/c1-3-16(8-7-12(18)19)15(20)14-9(2)13-10(17)5-4-6-11(13)21-14/h3-8H2,1-2H3,(H,18,19). The summed E-state index contributed by atoms with van der Waals surface area (Å²) in [6.07, 6.45) is 1.77. The molecule has 21 heavy (non-hydrogen) atoms. The molecule has 2 rings (SSSR count). The van der Waals surface area contributed by atoms with E-state index in [0.29, 0.717) is 36.3 Å². The van der Waals surface area contributed by atoms with E-state index in [1.54, 1.807) is 13.8 Å². The van der Waals surface area contributed by atoms with E-state index in [0.717, 1.165) is 6.42 Å². The molecular formula is C15H19NO5. The van der Waals surface area contributed by atoms with E-state index in [2.05, 4.69) is 0 Å². The predicted octanol–water partition coefficient (Wildman–Crippen LogP) is 2.04. The topological polar surface area (TPSA) is 87.8 Å². The lowest BCUT2D eigenvalue weighted by molar-refractivity contribution is -0.137. The summed E-state index contributed by atoms with van der Waals surface area (Å²) in [6.45, 7) is 4.02. The predicted molar refractivity (Wildman–Crippen MR) is 74.5 cm³/mol. The van der Waals surface area contributed by atoms with Crippen LogP contribution < -0.4 is 0 Å². The maximum atomic E-state index is 12.5. The number of hydrogen-bond donors (Lipinski definition) is 1. The molecule has 6 heteroatoms. The van der Waals surface area contributed by atoms with Crippen molar-refractivity contribution in [2.24, 2.45) is 0 Å². The summed E-state index contributed by atoms with van der Waals surface area (Å²) in [5, 5.41) is 8.73. The lowest BCUT2D eigenvalue weighted by atomic mass is 9.94. The van der Waals surface area contributed by atoms with Gasteiger partial charge in [-0.25, -0.2) is 0 Å². The molecule has 0 saturated carbocycles. The fraction of sp³-hybridized carbons (Fsp3) is 0.533. The molecule has 114 valence electrons. The van der Waals surface area contributed by atoms with Gasteiger partial charge in [0, 0.05) is 31.5 Å². The van der Waals surface area contributed by atoms with E-state index >= 15 is 0 Å². The molecule has 1 heterocycles. The molecule has 6 nitrogen and oxygen atoms in total. The van der Waals surface area contributed by atoms with Crippen LogP contribution in [0.25, 0.3) is 0 Å². The normalized spacial score (nSPS) is 13.9. The summed E-state index contributed by atoms with van der Waals surface area (Å²) in [6, 6.07) is 0. The minimum atomic E-state index is -0.952. The van der Waals surface area contributed by atoms with Crippen molar-refractivity contribution in [1.82, 2.24) is 4.90 Å². The molecule has 0 aromatic carbocycles. The van der Waals surface area contributed by atoms with Crippen molar-refractivity contribution >= 4 is 17.7 Å². The number of aliphatic carboxylic acids is 1. The Labute approximate surface area is 122 Å². The number of carbonyl (C=O) groups excluding carboxylic acids is 2. The number of ketones is 1. The van der Waals surface area contributed by atoms with E-state index in [9.17, 15) is 14.4 Å². The first-order valence-electron chi connectivity index (χ1n) is 7.12. The highest BCUT2D eigenvalue weighted by Gasteiger charge is 2.30. The molecule has 1 aromatic rings. The monoisotopic (exact) mass is 293 g/mol. The van der Waals surface area contributed by atoms with Crippen molar-refractivity contribution in [2.75, 3.05) is 13.1 Å². The van der Waals surface area contributed by atoms with Gasteiger partial charge >= 0.3 is 5.97 Å². The number of nitrogens with zero attached hydrogens (tertiary/aromatic N) is 1. The SMILES string of the molecule is CCN(CCC(=O)O)C(=O)c1oc2c(c1C)C(=O)CCC2. The van der Waals surface area contributed by atoms with Gasteiger partial charge in [0.05, 0.1) is 12.0 Å². The van der Waals surface area contributed by atoms with Crippen LogP contribution in [0.5, 0.6) is 0 Å². The molecule has 1 aliphatic rings. The van der Waals surface area contributed by atoms with Crippen LogP contribution in [-0.2, 0) is 11.2 Å². The summed E-state index contributed by atoms with van der Waals surface area (Å²) in [7, 11) is 0. The second-order valence-corrected chi connectivity index (χ2v) is 5.16. The number of Topliss-reactive ketones (excluding diaryl/α,β-unsaturated/α-hetero) is 1. The van der Waals surface area contributed by atoms with E-state index in [1.165, 1.54) is 4.90 Å². The first-order valence-corrected chi connectivity index (χ1v) is 7.12. The second-order valence-electron chi connectivity index (χ2n) is 5.16. The van der Waals surface area contributed by atoms with Crippen LogP contribution in [0, 0.1) is 6.92 Å². The average Bonchev–Trinajstić information content (AvgIpc) is 2.77. The smallest absolute Gasteiger partial charge is 0.305 e. The van der Waals surface area contributed by atoms with E-state index in [4.69, 9.17) is 9.52 Å². The van der Waals surface area contributed by atoms with E-state index < -0.39 is 5.97 Å². The van der Waals surface area contributed by atoms with Gasteiger partial charge in [-0.05, 0) is 20.3 Å². The third-order valence-electron chi connectivity index (χ3n) is 3.76. The molecule has 0 saturated heterocycles. The zero-order valence-corrected chi connectivity index (χ0v) is 12.3. The number of amides is 1. The molecular weight excluding hydrogens is 274 g/mol. The number of fused-ring (bicyclic) bond motifs is 1. The Kier molecular flexibility index (Phi) is 4.45. The number of furan rings is 1. The lowest BCUT2D eigenvalue weighted by Gasteiger charge is -2.18. The number of carboxylic acids is 1. The van der Waals surface area contributed by atoms with Crippen LogP contribution in [0.4, 0.5) is 0 Å². The third-order valence-corrected chi connectivity index (χ3v) is 3.76. The number of aryl methyl sites for hydroxylation is 1. The van der Waals surface area contributed by atoms with Crippen LogP contribution in [0.2, 0.25) is 0 Å². The second kappa shape index (κ2) is 6.11.